The van der Waals surface area contributed by atoms with E-state index in [4.69, 9.17) is 0 Å². The van der Waals surface area contributed by atoms with Gasteiger partial charge in [-0.25, -0.2) is 0 Å². The van der Waals surface area contributed by atoms with Crippen molar-refractivity contribution in [3.63, 3.8) is 0 Å². The first-order valence-corrected chi connectivity index (χ1v) is 3.95. The van der Waals surface area contributed by atoms with E-state index in [1.807, 2.05) is 0 Å². The van der Waals surface area contributed by atoms with Crippen LogP contribution >= 0.6 is 0 Å². The maximum Gasteiger partial charge on any atom is 0.222 e. The standard InChI is InChI=1S/C8H15NO/c1-6-3-4-7(5-6)8(10)9-2/h6-7H,3-5H2,1-2H3,(H,9,10). The Labute approximate surface area is 62.0 Å². The first-order valence-electron chi connectivity index (χ1n) is 3.95. The van der Waals surface area contributed by atoms with Crippen LogP contribution in [0.2, 0.25) is 0 Å². The molecule has 10 heavy (non-hydrogen) atoms. The number of amides is 1. The zero-order chi connectivity index (χ0) is 7.56. The lowest BCUT2D eigenvalue weighted by Gasteiger charge is -2.05. The van der Waals surface area contributed by atoms with E-state index in [1.165, 1.54) is 6.42 Å². The van der Waals surface area contributed by atoms with Crippen molar-refractivity contribution in [1.82, 2.24) is 5.32 Å². The summed E-state index contributed by atoms with van der Waals surface area (Å²) in [7, 11) is 1.71. The number of hydrogen-bond acceptors (Lipinski definition) is 1. The molecule has 0 saturated heterocycles. The van der Waals surface area contributed by atoms with Gasteiger partial charge in [-0.2, -0.15) is 0 Å². The fourth-order valence-corrected chi connectivity index (χ4v) is 1.65. The summed E-state index contributed by atoms with van der Waals surface area (Å²) in [4.78, 5) is 11.0. The molecule has 0 aromatic rings. The normalized spacial score (nSPS) is 32.2. The molecule has 1 aliphatic carbocycles. The van der Waals surface area contributed by atoms with Crippen LogP contribution in [0.5, 0.6) is 0 Å². The lowest BCUT2D eigenvalue weighted by molar-refractivity contribution is -0.124. The number of hydrogen-bond donors (Lipinski definition) is 1. The van der Waals surface area contributed by atoms with Gasteiger partial charge in [0.2, 0.25) is 5.91 Å². The minimum absolute atomic E-state index is 0.226. The van der Waals surface area contributed by atoms with Crippen LogP contribution in [-0.4, -0.2) is 13.0 Å². The third-order valence-corrected chi connectivity index (χ3v) is 2.31. The van der Waals surface area contributed by atoms with Gasteiger partial charge in [0.15, 0.2) is 0 Å². The summed E-state index contributed by atoms with van der Waals surface area (Å²) in [5, 5.41) is 2.69. The molecule has 0 heterocycles. The molecule has 1 amide bonds. The molecular weight excluding hydrogens is 126 g/mol. The van der Waals surface area contributed by atoms with Crippen LogP contribution < -0.4 is 5.32 Å². The molecule has 1 rings (SSSR count). The van der Waals surface area contributed by atoms with Gasteiger partial charge in [-0.1, -0.05) is 6.92 Å². The topological polar surface area (TPSA) is 29.1 Å². The molecule has 0 radical (unpaired) electrons. The minimum atomic E-state index is 0.226. The first-order chi connectivity index (χ1) is 4.74. The fourth-order valence-electron chi connectivity index (χ4n) is 1.65. The summed E-state index contributed by atoms with van der Waals surface area (Å²) >= 11 is 0. The highest BCUT2D eigenvalue weighted by Gasteiger charge is 2.26. The van der Waals surface area contributed by atoms with Crippen molar-refractivity contribution in [2.75, 3.05) is 7.05 Å². The van der Waals surface area contributed by atoms with Crippen LogP contribution in [-0.2, 0) is 4.79 Å². The Bertz CT molecular complexity index is 133. The maximum absolute atomic E-state index is 11.0. The fraction of sp³-hybridized carbons (Fsp3) is 0.875. The SMILES string of the molecule is CNC(=O)C1CCC(C)C1. The number of carbonyl (C=O) groups excluding carboxylic acids is 1. The van der Waals surface area contributed by atoms with Gasteiger partial charge in [-0.15, -0.1) is 0 Å². The van der Waals surface area contributed by atoms with E-state index in [-0.39, 0.29) is 5.91 Å². The second-order valence-corrected chi connectivity index (χ2v) is 3.23. The Kier molecular flexibility index (Phi) is 2.30. The zero-order valence-electron chi connectivity index (χ0n) is 6.68. The minimum Gasteiger partial charge on any atom is -0.359 e. The molecule has 1 N–H and O–H groups in total. The quantitative estimate of drug-likeness (QED) is 0.583. The Balaban J connectivity index is 2.37. The van der Waals surface area contributed by atoms with E-state index in [9.17, 15) is 4.79 Å². The van der Waals surface area contributed by atoms with Crippen LogP contribution in [0, 0.1) is 11.8 Å². The van der Waals surface area contributed by atoms with Gasteiger partial charge in [0.05, 0.1) is 0 Å². The Morgan fingerprint density at radius 2 is 2.20 bits per heavy atom. The molecule has 0 bridgehead atoms. The smallest absolute Gasteiger partial charge is 0.222 e. The molecular formula is C8H15NO. The number of rotatable bonds is 1. The Hall–Kier alpha value is -0.530. The molecule has 0 aromatic carbocycles. The molecule has 2 unspecified atom stereocenters. The van der Waals surface area contributed by atoms with Crippen LogP contribution in [0.1, 0.15) is 26.2 Å². The van der Waals surface area contributed by atoms with Crippen molar-refractivity contribution in [1.29, 1.82) is 0 Å². The Morgan fingerprint density at radius 3 is 2.60 bits per heavy atom. The van der Waals surface area contributed by atoms with Gasteiger partial charge in [-0.05, 0) is 25.2 Å². The van der Waals surface area contributed by atoms with Crippen molar-refractivity contribution in [3.05, 3.63) is 0 Å². The van der Waals surface area contributed by atoms with Crippen molar-refractivity contribution < 1.29 is 4.79 Å². The van der Waals surface area contributed by atoms with Crippen LogP contribution in [0.3, 0.4) is 0 Å². The molecule has 0 aromatic heterocycles. The average Bonchev–Trinajstić information content (AvgIpc) is 2.34. The first kappa shape index (κ1) is 7.58. The van der Waals surface area contributed by atoms with Crippen molar-refractivity contribution >= 4 is 5.91 Å². The zero-order valence-corrected chi connectivity index (χ0v) is 6.68. The van der Waals surface area contributed by atoms with E-state index in [2.05, 4.69) is 12.2 Å². The van der Waals surface area contributed by atoms with Crippen molar-refractivity contribution in [2.45, 2.75) is 26.2 Å². The summed E-state index contributed by atoms with van der Waals surface area (Å²) in [6.07, 6.45) is 3.39. The highest BCUT2D eigenvalue weighted by Crippen LogP contribution is 2.29. The molecule has 0 aliphatic heterocycles. The third kappa shape index (κ3) is 1.49. The molecule has 2 atom stereocenters. The summed E-state index contributed by atoms with van der Waals surface area (Å²) in [5.74, 6) is 1.28. The number of nitrogens with one attached hydrogen (secondary N) is 1. The van der Waals surface area contributed by atoms with Crippen molar-refractivity contribution in [2.24, 2.45) is 11.8 Å². The molecule has 2 heteroatoms. The summed E-state index contributed by atoms with van der Waals surface area (Å²) in [6, 6.07) is 0. The highest BCUT2D eigenvalue weighted by atomic mass is 16.1. The molecule has 1 aliphatic rings. The predicted molar refractivity (Wildman–Crippen MR) is 40.6 cm³/mol. The van der Waals surface area contributed by atoms with Gasteiger partial charge in [0, 0.05) is 13.0 Å². The van der Waals surface area contributed by atoms with Gasteiger partial charge < -0.3 is 5.32 Å². The molecule has 2 nitrogen and oxygen atoms in total. The largest absolute Gasteiger partial charge is 0.359 e. The highest BCUT2D eigenvalue weighted by molar-refractivity contribution is 5.78. The van der Waals surface area contributed by atoms with Crippen LogP contribution in [0.4, 0.5) is 0 Å². The van der Waals surface area contributed by atoms with E-state index in [1.54, 1.807) is 7.05 Å². The lowest BCUT2D eigenvalue weighted by atomic mass is 10.1. The predicted octanol–water partition coefficient (Wildman–Crippen LogP) is 1.17. The summed E-state index contributed by atoms with van der Waals surface area (Å²) in [5.41, 5.74) is 0. The van der Waals surface area contributed by atoms with Gasteiger partial charge in [-0.3, -0.25) is 4.79 Å². The second kappa shape index (κ2) is 3.04. The molecule has 1 saturated carbocycles. The number of carbonyl (C=O) groups is 1. The molecule has 0 spiro atoms. The van der Waals surface area contributed by atoms with E-state index < -0.39 is 0 Å². The van der Waals surface area contributed by atoms with E-state index in [0.29, 0.717) is 5.92 Å². The maximum atomic E-state index is 11.0. The lowest BCUT2D eigenvalue weighted by Crippen LogP contribution is -2.25. The average molecular weight is 141 g/mol. The van der Waals surface area contributed by atoms with Gasteiger partial charge in [0.25, 0.3) is 0 Å². The summed E-state index contributed by atoms with van der Waals surface area (Å²) < 4.78 is 0. The van der Waals surface area contributed by atoms with E-state index in [0.717, 1.165) is 18.8 Å². The molecule has 1 fully saturated rings. The second-order valence-electron chi connectivity index (χ2n) is 3.23. The van der Waals surface area contributed by atoms with E-state index >= 15 is 0 Å². The Morgan fingerprint density at radius 1 is 1.50 bits per heavy atom. The van der Waals surface area contributed by atoms with Gasteiger partial charge in [0.1, 0.15) is 0 Å². The third-order valence-electron chi connectivity index (χ3n) is 2.31. The van der Waals surface area contributed by atoms with Crippen molar-refractivity contribution in [3.8, 4) is 0 Å². The van der Waals surface area contributed by atoms with Crippen LogP contribution in [0.15, 0.2) is 0 Å². The van der Waals surface area contributed by atoms with Gasteiger partial charge >= 0.3 is 0 Å². The monoisotopic (exact) mass is 141 g/mol. The molecule has 58 valence electrons. The summed E-state index contributed by atoms with van der Waals surface area (Å²) in [6.45, 7) is 2.21. The van der Waals surface area contributed by atoms with Crippen LogP contribution in [0.25, 0.3) is 0 Å².